The van der Waals surface area contributed by atoms with E-state index in [9.17, 15) is 5.11 Å². The van der Waals surface area contributed by atoms with E-state index in [4.69, 9.17) is 0 Å². The molecule has 2 N–H and O–H groups in total. The van der Waals surface area contributed by atoms with Crippen LogP contribution in [0.25, 0.3) is 0 Å². The van der Waals surface area contributed by atoms with Gasteiger partial charge < -0.3 is 10.4 Å². The van der Waals surface area contributed by atoms with E-state index in [2.05, 4.69) is 48.1 Å². The van der Waals surface area contributed by atoms with Crippen LogP contribution >= 0.6 is 15.9 Å². The van der Waals surface area contributed by atoms with Crippen LogP contribution in [0.15, 0.2) is 46.9 Å². The highest BCUT2D eigenvalue weighted by molar-refractivity contribution is 9.10. The van der Waals surface area contributed by atoms with Gasteiger partial charge in [-0.3, -0.25) is 0 Å². The summed E-state index contributed by atoms with van der Waals surface area (Å²) >= 11 is 3.44. The molecule has 0 amide bonds. The Morgan fingerprint density at radius 2 is 1.75 bits per heavy atom. The van der Waals surface area contributed by atoms with Crippen molar-refractivity contribution in [1.29, 1.82) is 0 Å². The van der Waals surface area contributed by atoms with E-state index in [1.807, 2.05) is 36.4 Å². The molecule has 0 bridgehead atoms. The van der Waals surface area contributed by atoms with Gasteiger partial charge in [-0.1, -0.05) is 39.0 Å². The van der Waals surface area contributed by atoms with Gasteiger partial charge in [0.05, 0.1) is 4.47 Å². The summed E-state index contributed by atoms with van der Waals surface area (Å²) in [7, 11) is 0. The number of anilines is 1. The van der Waals surface area contributed by atoms with Gasteiger partial charge in [0, 0.05) is 17.8 Å². The van der Waals surface area contributed by atoms with Crippen molar-refractivity contribution in [2.45, 2.75) is 32.7 Å². The van der Waals surface area contributed by atoms with Gasteiger partial charge in [-0.2, -0.15) is 0 Å². The minimum Gasteiger partial charge on any atom is -0.506 e. The second-order valence-corrected chi connectivity index (χ2v) is 6.79. The van der Waals surface area contributed by atoms with Gasteiger partial charge in [-0.15, -0.1) is 0 Å². The summed E-state index contributed by atoms with van der Waals surface area (Å²) in [6.07, 6.45) is 0. The molecule has 2 aromatic rings. The highest BCUT2D eigenvalue weighted by Gasteiger charge is 2.17. The van der Waals surface area contributed by atoms with E-state index in [0.717, 1.165) is 15.7 Å². The van der Waals surface area contributed by atoms with Crippen LogP contribution in [0.3, 0.4) is 0 Å². The van der Waals surface area contributed by atoms with Gasteiger partial charge in [0.1, 0.15) is 5.75 Å². The standard InChI is InChI=1S/C17H20BrNO/c1-17(2,3)13-9-12(16(20)15(18)10-13)11-19-14-7-5-4-6-8-14/h4-10,19-20H,11H2,1-3H3. The average molecular weight is 334 g/mol. The molecule has 0 unspecified atom stereocenters. The molecule has 106 valence electrons. The minimum absolute atomic E-state index is 0.0533. The first kappa shape index (κ1) is 14.9. The molecule has 3 heteroatoms. The van der Waals surface area contributed by atoms with Crippen LogP contribution in [-0.2, 0) is 12.0 Å². The minimum atomic E-state index is 0.0533. The molecule has 2 aromatic carbocycles. The van der Waals surface area contributed by atoms with Crippen molar-refractivity contribution >= 4 is 21.6 Å². The maximum atomic E-state index is 10.2. The fourth-order valence-corrected chi connectivity index (χ4v) is 2.48. The second kappa shape index (κ2) is 5.88. The molecule has 2 rings (SSSR count). The van der Waals surface area contributed by atoms with Crippen LogP contribution in [0.5, 0.6) is 5.75 Å². The van der Waals surface area contributed by atoms with Crippen molar-refractivity contribution in [3.63, 3.8) is 0 Å². The van der Waals surface area contributed by atoms with Crippen LogP contribution in [-0.4, -0.2) is 5.11 Å². The topological polar surface area (TPSA) is 32.3 Å². The second-order valence-electron chi connectivity index (χ2n) is 5.94. The largest absolute Gasteiger partial charge is 0.506 e. The fourth-order valence-electron chi connectivity index (χ4n) is 1.98. The third-order valence-electron chi connectivity index (χ3n) is 3.27. The summed E-state index contributed by atoms with van der Waals surface area (Å²) in [6, 6.07) is 14.0. The van der Waals surface area contributed by atoms with Gasteiger partial charge in [-0.05, 0) is 51.2 Å². The molecular formula is C17H20BrNO. The number of nitrogens with one attached hydrogen (secondary N) is 1. The highest BCUT2D eigenvalue weighted by Crippen LogP contribution is 2.34. The lowest BCUT2D eigenvalue weighted by atomic mass is 9.86. The summed E-state index contributed by atoms with van der Waals surface area (Å²) in [6.45, 7) is 7.10. The lowest BCUT2D eigenvalue weighted by Gasteiger charge is -2.21. The smallest absolute Gasteiger partial charge is 0.134 e. The Morgan fingerprint density at radius 1 is 1.10 bits per heavy atom. The highest BCUT2D eigenvalue weighted by atomic mass is 79.9. The van der Waals surface area contributed by atoms with Gasteiger partial charge in [0.2, 0.25) is 0 Å². The molecule has 0 atom stereocenters. The molecule has 0 spiro atoms. The molecule has 0 saturated carbocycles. The monoisotopic (exact) mass is 333 g/mol. The van der Waals surface area contributed by atoms with E-state index < -0.39 is 0 Å². The zero-order chi connectivity index (χ0) is 14.8. The Labute approximate surface area is 129 Å². The Morgan fingerprint density at radius 3 is 2.35 bits per heavy atom. The van der Waals surface area contributed by atoms with Crippen molar-refractivity contribution < 1.29 is 5.11 Å². The number of rotatable bonds is 3. The first-order chi connectivity index (χ1) is 9.38. The number of phenolic OH excluding ortho intramolecular Hbond substituents is 1. The molecule has 0 saturated heterocycles. The zero-order valence-corrected chi connectivity index (χ0v) is 13.7. The zero-order valence-electron chi connectivity index (χ0n) is 12.1. The van der Waals surface area contributed by atoms with Gasteiger partial charge in [-0.25, -0.2) is 0 Å². The quantitative estimate of drug-likeness (QED) is 0.822. The summed E-state index contributed by atoms with van der Waals surface area (Å²) in [4.78, 5) is 0. The van der Waals surface area contributed by atoms with E-state index in [1.165, 1.54) is 5.56 Å². The molecule has 0 aliphatic rings. The molecule has 20 heavy (non-hydrogen) atoms. The Balaban J connectivity index is 2.25. The van der Waals surface area contributed by atoms with E-state index in [-0.39, 0.29) is 5.41 Å². The van der Waals surface area contributed by atoms with Crippen LogP contribution < -0.4 is 5.32 Å². The fraction of sp³-hybridized carbons (Fsp3) is 0.294. The number of benzene rings is 2. The first-order valence-electron chi connectivity index (χ1n) is 6.69. The summed E-state index contributed by atoms with van der Waals surface area (Å²) in [5.41, 5.74) is 3.20. The molecule has 0 aliphatic heterocycles. The predicted octanol–water partition coefficient (Wildman–Crippen LogP) is 5.06. The third-order valence-corrected chi connectivity index (χ3v) is 3.87. The van der Waals surface area contributed by atoms with Gasteiger partial charge >= 0.3 is 0 Å². The van der Waals surface area contributed by atoms with Crippen LogP contribution in [0.4, 0.5) is 5.69 Å². The van der Waals surface area contributed by atoms with Crippen LogP contribution in [0, 0.1) is 0 Å². The van der Waals surface area contributed by atoms with Crippen LogP contribution in [0.1, 0.15) is 31.9 Å². The Kier molecular flexibility index (Phi) is 4.39. The van der Waals surface area contributed by atoms with Crippen LogP contribution in [0.2, 0.25) is 0 Å². The summed E-state index contributed by atoms with van der Waals surface area (Å²) in [5, 5.41) is 13.5. The maximum absolute atomic E-state index is 10.2. The lowest BCUT2D eigenvalue weighted by Crippen LogP contribution is -2.12. The number of phenols is 1. The molecule has 0 radical (unpaired) electrons. The average Bonchev–Trinajstić information content (AvgIpc) is 2.40. The number of aromatic hydroxyl groups is 1. The molecule has 0 aliphatic carbocycles. The van der Waals surface area contributed by atoms with Crippen molar-refractivity contribution in [3.05, 3.63) is 58.1 Å². The number of hydrogen-bond donors (Lipinski definition) is 2. The van der Waals surface area contributed by atoms with E-state index in [0.29, 0.717) is 12.3 Å². The van der Waals surface area contributed by atoms with Crippen molar-refractivity contribution in [1.82, 2.24) is 0 Å². The van der Waals surface area contributed by atoms with Gasteiger partial charge in [0.15, 0.2) is 0 Å². The normalized spacial score (nSPS) is 11.4. The molecule has 0 heterocycles. The molecule has 0 fully saturated rings. The van der Waals surface area contributed by atoms with E-state index >= 15 is 0 Å². The number of halogens is 1. The third kappa shape index (κ3) is 3.54. The summed E-state index contributed by atoms with van der Waals surface area (Å²) < 4.78 is 0.745. The molecule has 2 nitrogen and oxygen atoms in total. The first-order valence-corrected chi connectivity index (χ1v) is 7.48. The predicted molar refractivity (Wildman–Crippen MR) is 88.3 cm³/mol. The van der Waals surface area contributed by atoms with Crippen molar-refractivity contribution in [2.24, 2.45) is 0 Å². The SMILES string of the molecule is CC(C)(C)c1cc(Br)c(O)c(CNc2ccccc2)c1. The summed E-state index contributed by atoms with van der Waals surface area (Å²) in [5.74, 6) is 0.307. The molecular weight excluding hydrogens is 314 g/mol. The van der Waals surface area contributed by atoms with Crippen molar-refractivity contribution in [2.75, 3.05) is 5.32 Å². The van der Waals surface area contributed by atoms with Crippen molar-refractivity contribution in [3.8, 4) is 5.75 Å². The number of hydrogen-bond acceptors (Lipinski definition) is 2. The maximum Gasteiger partial charge on any atom is 0.134 e. The lowest BCUT2D eigenvalue weighted by molar-refractivity contribution is 0.464. The van der Waals surface area contributed by atoms with Gasteiger partial charge in [0.25, 0.3) is 0 Å². The van der Waals surface area contributed by atoms with E-state index in [1.54, 1.807) is 0 Å². The number of para-hydroxylation sites is 1. The Hall–Kier alpha value is -1.48. The Bertz CT molecular complexity index is 588. The molecule has 0 aromatic heterocycles.